The second-order valence-electron chi connectivity index (χ2n) is 14.8. The molecule has 55 heavy (non-hydrogen) atoms. The average molecular weight is 704 g/mol. The lowest BCUT2D eigenvalue weighted by Gasteiger charge is -2.35. The van der Waals surface area contributed by atoms with Crippen molar-refractivity contribution in [1.82, 2.24) is 0 Å². The smallest absolute Gasteiger partial charge is 0.143 e. The van der Waals surface area contributed by atoms with Crippen LogP contribution in [0.5, 0.6) is 0 Å². The molecule has 2 nitrogen and oxygen atoms in total. The number of fused-ring (bicyclic) bond motifs is 12. The van der Waals surface area contributed by atoms with Gasteiger partial charge in [0, 0.05) is 33.4 Å². The molecule has 0 saturated heterocycles. The highest BCUT2D eigenvalue weighted by atomic mass is 16.3. The van der Waals surface area contributed by atoms with Crippen LogP contribution in [0, 0.1) is 0 Å². The zero-order chi connectivity index (χ0) is 36.3. The number of nitrogens with zero attached hydrogens (tertiary/aromatic N) is 1. The summed E-state index contributed by atoms with van der Waals surface area (Å²) in [4.78, 5) is 2.40. The molecule has 0 amide bonds. The number of benzene rings is 8. The lowest BCUT2D eigenvalue weighted by atomic mass is 9.68. The molecule has 1 unspecified atom stereocenters. The van der Waals surface area contributed by atoms with Gasteiger partial charge >= 0.3 is 0 Å². The summed E-state index contributed by atoms with van der Waals surface area (Å²) >= 11 is 0. The highest BCUT2D eigenvalue weighted by Gasteiger charge is 2.47. The molecule has 1 heterocycles. The highest BCUT2D eigenvalue weighted by molar-refractivity contribution is 6.12. The Labute approximate surface area is 320 Å². The molecular formula is C53H37NO. The summed E-state index contributed by atoms with van der Waals surface area (Å²) in [6.45, 7) is 0. The van der Waals surface area contributed by atoms with Crippen LogP contribution < -0.4 is 15.3 Å². The van der Waals surface area contributed by atoms with Crippen molar-refractivity contribution >= 4 is 51.2 Å². The maximum Gasteiger partial charge on any atom is 0.143 e. The Kier molecular flexibility index (Phi) is 7.25. The second kappa shape index (κ2) is 12.6. The van der Waals surface area contributed by atoms with Crippen LogP contribution in [0.15, 0.2) is 192 Å². The Balaban J connectivity index is 1.20. The maximum absolute atomic E-state index is 6.85. The van der Waals surface area contributed by atoms with Crippen molar-refractivity contribution in [3.8, 4) is 22.3 Å². The van der Waals surface area contributed by atoms with E-state index in [1.165, 1.54) is 54.9 Å². The molecular weight excluding hydrogens is 667 g/mol. The molecule has 0 bridgehead atoms. The molecule has 2 aliphatic carbocycles. The van der Waals surface area contributed by atoms with E-state index in [1.54, 1.807) is 0 Å². The van der Waals surface area contributed by atoms with Crippen molar-refractivity contribution in [3.05, 3.63) is 221 Å². The Morgan fingerprint density at radius 1 is 0.455 bits per heavy atom. The lowest BCUT2D eigenvalue weighted by molar-refractivity contribution is 0.650. The van der Waals surface area contributed by atoms with Crippen molar-refractivity contribution in [2.24, 2.45) is 0 Å². The Bertz CT molecular complexity index is 3030. The lowest BCUT2D eigenvalue weighted by Crippen LogP contribution is -2.29. The van der Waals surface area contributed by atoms with Crippen molar-refractivity contribution < 1.29 is 4.42 Å². The molecule has 0 saturated carbocycles. The van der Waals surface area contributed by atoms with Crippen LogP contribution in [0.4, 0.5) is 17.1 Å². The number of rotatable bonds is 4. The van der Waals surface area contributed by atoms with Crippen molar-refractivity contribution in [1.29, 1.82) is 0 Å². The van der Waals surface area contributed by atoms with Gasteiger partial charge in [0.05, 0.1) is 5.41 Å². The first-order valence-electron chi connectivity index (χ1n) is 19.2. The number of anilines is 3. The van der Waals surface area contributed by atoms with Gasteiger partial charge in [0.1, 0.15) is 11.2 Å². The second-order valence-corrected chi connectivity index (χ2v) is 14.8. The van der Waals surface area contributed by atoms with E-state index >= 15 is 0 Å². The molecule has 8 aromatic carbocycles. The van der Waals surface area contributed by atoms with Crippen LogP contribution in [0.2, 0.25) is 0 Å². The van der Waals surface area contributed by atoms with Crippen LogP contribution >= 0.6 is 0 Å². The summed E-state index contributed by atoms with van der Waals surface area (Å²) in [5.74, 6) is 0. The fourth-order valence-corrected chi connectivity index (χ4v) is 9.36. The van der Waals surface area contributed by atoms with Gasteiger partial charge in [0.2, 0.25) is 0 Å². The number of furan rings is 1. The van der Waals surface area contributed by atoms with E-state index in [0.717, 1.165) is 51.8 Å². The van der Waals surface area contributed by atoms with Gasteiger partial charge in [-0.25, -0.2) is 0 Å². The minimum Gasteiger partial charge on any atom is -0.455 e. The minimum atomic E-state index is -0.463. The quantitative estimate of drug-likeness (QED) is 0.181. The predicted octanol–water partition coefficient (Wildman–Crippen LogP) is 12.2. The van der Waals surface area contributed by atoms with Crippen LogP contribution in [-0.4, -0.2) is 0 Å². The maximum atomic E-state index is 6.85. The number of para-hydroxylation sites is 2. The summed E-state index contributed by atoms with van der Waals surface area (Å²) in [5.41, 5.74) is 14.9. The van der Waals surface area contributed by atoms with Crippen molar-refractivity contribution in [2.75, 3.05) is 4.90 Å². The van der Waals surface area contributed by atoms with Gasteiger partial charge in [0.25, 0.3) is 0 Å². The van der Waals surface area contributed by atoms with Crippen LogP contribution in [0.3, 0.4) is 0 Å². The topological polar surface area (TPSA) is 16.4 Å². The normalized spacial score (nSPS) is 16.1. The molecule has 2 aliphatic rings. The molecule has 11 rings (SSSR count). The van der Waals surface area contributed by atoms with E-state index in [4.69, 9.17) is 4.42 Å². The first kappa shape index (κ1) is 31.6. The Hall–Kier alpha value is -6.90. The molecule has 0 radical (unpaired) electrons. The van der Waals surface area contributed by atoms with E-state index in [0.29, 0.717) is 0 Å². The molecule has 1 atom stereocenters. The summed E-state index contributed by atoms with van der Waals surface area (Å²) < 4.78 is 6.85. The first-order valence-corrected chi connectivity index (χ1v) is 19.2. The molecule has 0 fully saturated rings. The van der Waals surface area contributed by atoms with Crippen LogP contribution in [0.25, 0.3) is 56.3 Å². The van der Waals surface area contributed by atoms with E-state index in [-0.39, 0.29) is 0 Å². The Morgan fingerprint density at radius 3 is 1.95 bits per heavy atom. The van der Waals surface area contributed by atoms with Gasteiger partial charge in [-0.15, -0.1) is 0 Å². The number of hydrogen-bond donors (Lipinski definition) is 0. The summed E-state index contributed by atoms with van der Waals surface area (Å²) in [5, 5.41) is 4.86. The van der Waals surface area contributed by atoms with Gasteiger partial charge < -0.3 is 9.32 Å². The molecule has 1 aromatic heterocycles. The van der Waals surface area contributed by atoms with Gasteiger partial charge in [-0.2, -0.15) is 0 Å². The summed E-state index contributed by atoms with van der Waals surface area (Å²) in [7, 11) is 0. The summed E-state index contributed by atoms with van der Waals surface area (Å²) in [6.07, 6.45) is 6.53. The third-order valence-corrected chi connectivity index (χ3v) is 11.9. The Morgan fingerprint density at radius 2 is 1.11 bits per heavy atom. The molecule has 0 N–H and O–H groups in total. The third kappa shape index (κ3) is 4.95. The van der Waals surface area contributed by atoms with E-state index < -0.39 is 5.41 Å². The van der Waals surface area contributed by atoms with E-state index in [1.807, 2.05) is 0 Å². The summed E-state index contributed by atoms with van der Waals surface area (Å²) in [6, 6.07) is 68.5. The zero-order valence-corrected chi connectivity index (χ0v) is 30.3. The predicted molar refractivity (Wildman–Crippen MR) is 229 cm³/mol. The van der Waals surface area contributed by atoms with E-state index in [2.05, 4.69) is 205 Å². The largest absolute Gasteiger partial charge is 0.455 e. The molecule has 1 spiro atoms. The van der Waals surface area contributed by atoms with Gasteiger partial charge in [-0.3, -0.25) is 0 Å². The third-order valence-electron chi connectivity index (χ3n) is 11.9. The number of hydrogen-bond acceptors (Lipinski definition) is 2. The zero-order valence-electron chi connectivity index (χ0n) is 30.3. The van der Waals surface area contributed by atoms with Crippen molar-refractivity contribution in [2.45, 2.75) is 18.3 Å². The average Bonchev–Trinajstić information content (AvgIpc) is 3.79. The van der Waals surface area contributed by atoms with E-state index in [9.17, 15) is 0 Å². The van der Waals surface area contributed by atoms with Gasteiger partial charge in [-0.05, 0) is 105 Å². The SMILES string of the molecule is C1=c2cccc/c2=C/CC2(c3ccccc3C1)c1cc(N(c3ccccc3)c3ccc(-c4ccccc4)cc3)ccc1-c1c2ccc2c1oc1ccccc12. The minimum absolute atomic E-state index is 0.463. The van der Waals surface area contributed by atoms with Gasteiger partial charge in [-0.1, -0.05) is 158 Å². The first-order chi connectivity index (χ1) is 27.3. The fraction of sp³-hybridized carbons (Fsp3) is 0.0566. The molecule has 9 aromatic rings. The molecule has 260 valence electrons. The fourth-order valence-electron chi connectivity index (χ4n) is 9.36. The molecule has 2 heteroatoms. The highest BCUT2D eigenvalue weighted by Crippen LogP contribution is 2.59. The van der Waals surface area contributed by atoms with Crippen LogP contribution in [-0.2, 0) is 11.8 Å². The molecule has 0 aliphatic heterocycles. The van der Waals surface area contributed by atoms with Crippen LogP contribution in [0.1, 0.15) is 28.7 Å². The standard InChI is InChI=1S/C53H37NO/c1-3-13-36(14-4-1)39-25-27-42(28-26-39)54(41-18-5-2-6-19-41)43-29-30-46-49(35-43)53(48-32-31-45-44-20-10-12-22-50(44)55-52(45)51(46)48)34-33-38-16-8-7-15-37(38)23-24-40-17-9-11-21-47(40)53/h1-23,25-33,35H,24,34H2/b37-23?,38-33-. The van der Waals surface area contributed by atoms with Gasteiger partial charge in [0.15, 0.2) is 0 Å². The monoisotopic (exact) mass is 703 g/mol. The van der Waals surface area contributed by atoms with Crippen molar-refractivity contribution in [3.63, 3.8) is 0 Å².